The van der Waals surface area contributed by atoms with Crippen LogP contribution in [0.3, 0.4) is 0 Å². The van der Waals surface area contributed by atoms with Crippen molar-refractivity contribution in [2.45, 2.75) is 32.1 Å². The van der Waals surface area contributed by atoms with E-state index in [9.17, 15) is 8.78 Å². The minimum atomic E-state index is -0.804. The summed E-state index contributed by atoms with van der Waals surface area (Å²) >= 11 is 6.27. The molecule has 1 aromatic rings. The van der Waals surface area contributed by atoms with Crippen LogP contribution in [0.25, 0.3) is 0 Å². The highest BCUT2D eigenvalue weighted by molar-refractivity contribution is 6.21. The quantitative estimate of drug-likeness (QED) is 0.701. The molecule has 1 aliphatic carbocycles. The van der Waals surface area contributed by atoms with Crippen molar-refractivity contribution in [2.75, 3.05) is 0 Å². The number of benzene rings is 1. The minimum absolute atomic E-state index is 0.0138. The highest BCUT2D eigenvalue weighted by atomic mass is 35.5. The fourth-order valence-corrected chi connectivity index (χ4v) is 2.77. The second-order valence-corrected chi connectivity index (χ2v) is 5.83. The molecule has 16 heavy (non-hydrogen) atoms. The number of alkyl halides is 1. The molecule has 0 aromatic heterocycles. The van der Waals surface area contributed by atoms with Crippen LogP contribution >= 0.6 is 11.6 Å². The van der Waals surface area contributed by atoms with Gasteiger partial charge in [0, 0.05) is 5.38 Å². The minimum Gasteiger partial charge on any atom is -0.204 e. The van der Waals surface area contributed by atoms with Crippen LogP contribution in [-0.2, 0) is 6.42 Å². The summed E-state index contributed by atoms with van der Waals surface area (Å²) in [5.74, 6) is -1.11. The summed E-state index contributed by atoms with van der Waals surface area (Å²) in [4.78, 5) is 0. The molecule has 1 saturated carbocycles. The average Bonchev–Trinajstić information content (AvgIpc) is 2.82. The van der Waals surface area contributed by atoms with Crippen molar-refractivity contribution in [3.63, 3.8) is 0 Å². The zero-order valence-corrected chi connectivity index (χ0v) is 10.2. The van der Waals surface area contributed by atoms with E-state index < -0.39 is 11.6 Å². The number of hydrogen-bond donors (Lipinski definition) is 0. The van der Waals surface area contributed by atoms with Crippen LogP contribution < -0.4 is 0 Å². The van der Waals surface area contributed by atoms with Gasteiger partial charge in [0.2, 0.25) is 0 Å². The van der Waals surface area contributed by atoms with E-state index in [0.29, 0.717) is 17.8 Å². The van der Waals surface area contributed by atoms with E-state index in [4.69, 9.17) is 11.6 Å². The Bertz CT molecular complexity index is 401. The summed E-state index contributed by atoms with van der Waals surface area (Å²) in [6.45, 7) is 4.36. The molecule has 2 rings (SSSR count). The predicted molar refractivity (Wildman–Crippen MR) is 61.6 cm³/mol. The first kappa shape index (κ1) is 11.8. The maximum atomic E-state index is 13.0. The van der Waals surface area contributed by atoms with Gasteiger partial charge in [-0.3, -0.25) is 0 Å². The first-order valence-corrected chi connectivity index (χ1v) is 5.92. The molecule has 1 fully saturated rings. The zero-order valence-electron chi connectivity index (χ0n) is 9.43. The molecule has 3 heteroatoms. The smallest absolute Gasteiger partial charge is 0.159 e. The molecule has 1 aliphatic rings. The monoisotopic (exact) mass is 244 g/mol. The van der Waals surface area contributed by atoms with Gasteiger partial charge >= 0.3 is 0 Å². The SMILES string of the molecule is CC1(C)CC1C(Cl)Cc1ccc(F)c(F)c1. The molecule has 0 bridgehead atoms. The second kappa shape index (κ2) is 3.99. The summed E-state index contributed by atoms with van der Waals surface area (Å²) in [6, 6.07) is 4.00. The summed E-state index contributed by atoms with van der Waals surface area (Å²) in [7, 11) is 0. The molecule has 0 N–H and O–H groups in total. The molecular formula is C13H15ClF2. The van der Waals surface area contributed by atoms with Crippen molar-refractivity contribution in [3.8, 4) is 0 Å². The average molecular weight is 245 g/mol. The van der Waals surface area contributed by atoms with Gasteiger partial charge in [0.05, 0.1) is 0 Å². The third kappa shape index (κ3) is 2.37. The largest absolute Gasteiger partial charge is 0.204 e. The van der Waals surface area contributed by atoms with Crippen molar-refractivity contribution in [1.29, 1.82) is 0 Å². The zero-order chi connectivity index (χ0) is 11.9. The molecule has 0 spiro atoms. The van der Waals surface area contributed by atoms with Crippen LogP contribution in [0, 0.1) is 23.0 Å². The Hall–Kier alpha value is -0.630. The Morgan fingerprint density at radius 2 is 2.00 bits per heavy atom. The van der Waals surface area contributed by atoms with E-state index in [1.807, 2.05) is 0 Å². The van der Waals surface area contributed by atoms with E-state index in [-0.39, 0.29) is 5.38 Å². The summed E-state index contributed by atoms with van der Waals surface area (Å²) in [5.41, 5.74) is 1.08. The van der Waals surface area contributed by atoms with Gasteiger partial charge < -0.3 is 0 Å². The Balaban J connectivity index is 2.02. The number of rotatable bonds is 3. The maximum Gasteiger partial charge on any atom is 0.159 e. The van der Waals surface area contributed by atoms with Crippen LogP contribution in [0.5, 0.6) is 0 Å². The second-order valence-electron chi connectivity index (χ2n) is 5.27. The van der Waals surface area contributed by atoms with Crippen LogP contribution in [0.2, 0.25) is 0 Å². The molecule has 0 saturated heterocycles. The lowest BCUT2D eigenvalue weighted by atomic mass is 10.0. The molecule has 0 amide bonds. The molecule has 88 valence electrons. The highest BCUT2D eigenvalue weighted by Gasteiger charge is 2.49. The van der Waals surface area contributed by atoms with Crippen LogP contribution in [0.15, 0.2) is 18.2 Å². The van der Waals surface area contributed by atoms with Crippen molar-refractivity contribution >= 4 is 11.6 Å². The van der Waals surface area contributed by atoms with E-state index in [0.717, 1.165) is 18.1 Å². The van der Waals surface area contributed by atoms with E-state index >= 15 is 0 Å². The predicted octanol–water partition coefficient (Wildman–Crippen LogP) is 4.16. The standard InChI is InChI=1S/C13H15ClF2/c1-13(2)7-9(13)10(14)5-8-3-4-11(15)12(16)6-8/h3-4,6,9-10H,5,7H2,1-2H3. The lowest BCUT2D eigenvalue weighted by Crippen LogP contribution is -2.10. The van der Waals surface area contributed by atoms with E-state index in [1.54, 1.807) is 6.07 Å². The van der Waals surface area contributed by atoms with Gasteiger partial charge in [-0.15, -0.1) is 11.6 Å². The van der Waals surface area contributed by atoms with Crippen LogP contribution in [-0.4, -0.2) is 5.38 Å². The first-order valence-electron chi connectivity index (χ1n) is 5.48. The fourth-order valence-electron chi connectivity index (χ4n) is 2.16. The van der Waals surface area contributed by atoms with Gasteiger partial charge in [-0.1, -0.05) is 19.9 Å². The van der Waals surface area contributed by atoms with Crippen molar-refractivity contribution in [2.24, 2.45) is 11.3 Å². The third-order valence-corrected chi connectivity index (χ3v) is 3.90. The molecule has 1 aromatic carbocycles. The molecule has 0 radical (unpaired) electrons. The van der Waals surface area contributed by atoms with E-state index in [1.165, 1.54) is 6.07 Å². The Kier molecular flexibility index (Phi) is 2.95. The Morgan fingerprint density at radius 3 is 2.50 bits per heavy atom. The lowest BCUT2D eigenvalue weighted by molar-refractivity contribution is 0.504. The topological polar surface area (TPSA) is 0 Å². The number of hydrogen-bond acceptors (Lipinski definition) is 0. The molecule has 2 atom stereocenters. The molecule has 0 heterocycles. The molecular weight excluding hydrogens is 230 g/mol. The van der Waals surface area contributed by atoms with Crippen molar-refractivity contribution < 1.29 is 8.78 Å². The van der Waals surface area contributed by atoms with Gasteiger partial charge in [-0.05, 0) is 41.9 Å². The summed E-state index contributed by atoms with van der Waals surface area (Å²) in [6.07, 6.45) is 1.72. The van der Waals surface area contributed by atoms with Gasteiger partial charge in [0.15, 0.2) is 11.6 Å². The van der Waals surface area contributed by atoms with Gasteiger partial charge in [-0.2, -0.15) is 0 Å². The maximum absolute atomic E-state index is 13.0. The fraction of sp³-hybridized carbons (Fsp3) is 0.538. The first-order chi connectivity index (χ1) is 7.40. The third-order valence-electron chi connectivity index (χ3n) is 3.44. The molecule has 0 nitrogen and oxygen atoms in total. The Labute approximate surface area is 99.6 Å². The van der Waals surface area contributed by atoms with Crippen molar-refractivity contribution in [1.82, 2.24) is 0 Å². The summed E-state index contributed by atoms with van der Waals surface area (Å²) < 4.78 is 25.7. The Morgan fingerprint density at radius 1 is 1.38 bits per heavy atom. The molecule has 2 unspecified atom stereocenters. The normalized spacial score (nSPS) is 24.2. The number of halogens is 3. The lowest BCUT2D eigenvalue weighted by Gasteiger charge is -2.11. The van der Waals surface area contributed by atoms with Gasteiger partial charge in [0.1, 0.15) is 0 Å². The molecule has 0 aliphatic heterocycles. The summed E-state index contributed by atoms with van der Waals surface area (Å²) in [5, 5.41) is 0.0138. The van der Waals surface area contributed by atoms with Crippen LogP contribution in [0.1, 0.15) is 25.8 Å². The van der Waals surface area contributed by atoms with E-state index in [2.05, 4.69) is 13.8 Å². The van der Waals surface area contributed by atoms with Gasteiger partial charge in [0.25, 0.3) is 0 Å². The highest BCUT2D eigenvalue weighted by Crippen LogP contribution is 2.55. The van der Waals surface area contributed by atoms with Crippen LogP contribution in [0.4, 0.5) is 8.78 Å². The van der Waals surface area contributed by atoms with Gasteiger partial charge in [-0.25, -0.2) is 8.78 Å². The van der Waals surface area contributed by atoms with Crippen molar-refractivity contribution in [3.05, 3.63) is 35.4 Å².